The molecule has 2 heterocycles. The molecule has 0 amide bonds. The molecule has 6 heteroatoms. The van der Waals surface area contributed by atoms with Crippen molar-refractivity contribution in [2.24, 2.45) is 7.05 Å². The Hall–Kier alpha value is -2.01. The molecule has 3 aromatic rings. The second kappa shape index (κ2) is 5.77. The first-order valence-corrected chi connectivity index (χ1v) is 7.47. The monoisotopic (exact) mass is 304 g/mol. The number of halogens is 1. The topological polar surface area (TPSA) is 44.9 Å². The van der Waals surface area contributed by atoms with Gasteiger partial charge in [0.25, 0.3) is 0 Å². The Morgan fingerprint density at radius 2 is 2.14 bits per heavy atom. The van der Waals surface area contributed by atoms with Crippen molar-refractivity contribution in [3.05, 3.63) is 36.3 Å². The van der Waals surface area contributed by atoms with Crippen molar-refractivity contribution < 1.29 is 4.74 Å². The van der Waals surface area contributed by atoms with Crippen LogP contribution in [0.15, 0.2) is 30.5 Å². The van der Waals surface area contributed by atoms with Gasteiger partial charge in [-0.2, -0.15) is 5.10 Å². The molecule has 3 rings (SSSR count). The van der Waals surface area contributed by atoms with E-state index < -0.39 is 0 Å². The van der Waals surface area contributed by atoms with Crippen LogP contribution >= 0.6 is 11.6 Å². The third-order valence-electron chi connectivity index (χ3n) is 3.23. The molecule has 0 unspecified atom stereocenters. The molecule has 0 radical (unpaired) electrons. The van der Waals surface area contributed by atoms with E-state index in [0.29, 0.717) is 12.5 Å². The lowest BCUT2D eigenvalue weighted by Crippen LogP contribution is -2.01. The summed E-state index contributed by atoms with van der Waals surface area (Å²) in [6.45, 7) is 2.75. The lowest BCUT2D eigenvalue weighted by atomic mass is 10.3. The maximum Gasteiger partial charge on any atom is 0.160 e. The van der Waals surface area contributed by atoms with Crippen molar-refractivity contribution in [2.45, 2.75) is 19.2 Å². The van der Waals surface area contributed by atoms with Gasteiger partial charge in [0.15, 0.2) is 5.82 Å². The number of alkyl halides is 1. The van der Waals surface area contributed by atoms with E-state index in [0.717, 1.165) is 34.8 Å². The van der Waals surface area contributed by atoms with Gasteiger partial charge in [-0.25, -0.2) is 4.98 Å². The molecular weight excluding hydrogens is 288 g/mol. The Kier molecular flexibility index (Phi) is 3.84. The molecule has 0 spiro atoms. The number of hydrogen-bond donors (Lipinski definition) is 0. The van der Waals surface area contributed by atoms with Crippen LogP contribution in [0.25, 0.3) is 16.9 Å². The van der Waals surface area contributed by atoms with Crippen LogP contribution in [0.5, 0.6) is 5.75 Å². The lowest BCUT2D eigenvalue weighted by Gasteiger charge is -2.06. The van der Waals surface area contributed by atoms with E-state index in [4.69, 9.17) is 16.3 Å². The highest BCUT2D eigenvalue weighted by atomic mass is 35.5. The quantitative estimate of drug-likeness (QED) is 0.679. The van der Waals surface area contributed by atoms with Gasteiger partial charge in [-0.1, -0.05) is 13.0 Å². The Balaban J connectivity index is 2.19. The predicted octanol–water partition coefficient (Wildman–Crippen LogP) is 3.29. The molecule has 0 fully saturated rings. The number of nitrogens with zero attached hydrogens (tertiary/aromatic N) is 4. The maximum absolute atomic E-state index is 6.06. The van der Waals surface area contributed by atoms with Crippen molar-refractivity contribution in [3.63, 3.8) is 0 Å². The fourth-order valence-electron chi connectivity index (χ4n) is 2.32. The van der Waals surface area contributed by atoms with E-state index in [1.54, 1.807) is 4.68 Å². The highest BCUT2D eigenvalue weighted by molar-refractivity contribution is 6.17. The average Bonchev–Trinajstić information content (AvgIpc) is 3.07. The van der Waals surface area contributed by atoms with Gasteiger partial charge < -0.3 is 4.74 Å². The molecule has 0 aliphatic carbocycles. The minimum absolute atomic E-state index is 0.318. The molecule has 0 saturated carbocycles. The Bertz CT molecular complexity index is 762. The summed E-state index contributed by atoms with van der Waals surface area (Å²) in [6.07, 6.45) is 2.86. The fourth-order valence-corrected chi connectivity index (χ4v) is 2.50. The van der Waals surface area contributed by atoms with E-state index in [-0.39, 0.29) is 0 Å². The van der Waals surface area contributed by atoms with Gasteiger partial charge in [0, 0.05) is 19.3 Å². The van der Waals surface area contributed by atoms with E-state index in [2.05, 4.69) is 17.0 Å². The molecule has 5 nitrogen and oxygen atoms in total. The van der Waals surface area contributed by atoms with Gasteiger partial charge in [-0.15, -0.1) is 11.6 Å². The summed E-state index contributed by atoms with van der Waals surface area (Å²) in [4.78, 5) is 4.63. The number of rotatable bonds is 5. The van der Waals surface area contributed by atoms with Crippen LogP contribution in [0.3, 0.4) is 0 Å². The van der Waals surface area contributed by atoms with Crippen molar-refractivity contribution in [3.8, 4) is 11.6 Å². The number of benzene rings is 1. The number of aryl methyl sites for hydroxylation is 1. The van der Waals surface area contributed by atoms with Crippen LogP contribution in [-0.2, 0) is 12.9 Å². The largest absolute Gasteiger partial charge is 0.491 e. The molecule has 0 N–H and O–H groups in total. The zero-order valence-corrected chi connectivity index (χ0v) is 12.8. The normalized spacial score (nSPS) is 11.2. The summed E-state index contributed by atoms with van der Waals surface area (Å²) in [6, 6.07) is 7.85. The molecule has 0 bridgehead atoms. The minimum atomic E-state index is 0.318. The standard InChI is InChI=1S/C15H17ClN4O/c1-3-9-21-12-6-4-5-11-15(12)17-14(10-16)20(11)13-7-8-19(2)18-13/h4-8H,3,9-10H2,1-2H3. The van der Waals surface area contributed by atoms with E-state index in [1.807, 2.05) is 42.1 Å². The van der Waals surface area contributed by atoms with Crippen LogP contribution in [0, 0.1) is 0 Å². The number of fused-ring (bicyclic) bond motifs is 1. The van der Waals surface area contributed by atoms with Crippen LogP contribution in [0.2, 0.25) is 0 Å². The van der Waals surface area contributed by atoms with Gasteiger partial charge in [-0.3, -0.25) is 9.25 Å². The van der Waals surface area contributed by atoms with E-state index >= 15 is 0 Å². The summed E-state index contributed by atoms with van der Waals surface area (Å²) < 4.78 is 9.51. The second-order valence-corrected chi connectivity index (χ2v) is 5.08. The molecule has 0 aliphatic heterocycles. The van der Waals surface area contributed by atoms with E-state index in [9.17, 15) is 0 Å². The number of hydrogen-bond acceptors (Lipinski definition) is 3. The molecule has 0 atom stereocenters. The minimum Gasteiger partial charge on any atom is -0.491 e. The van der Waals surface area contributed by atoms with Crippen LogP contribution < -0.4 is 4.74 Å². The zero-order chi connectivity index (χ0) is 14.8. The van der Waals surface area contributed by atoms with Crippen LogP contribution in [0.4, 0.5) is 0 Å². The first-order chi connectivity index (χ1) is 10.2. The molecule has 110 valence electrons. The van der Waals surface area contributed by atoms with Gasteiger partial charge in [-0.05, 0) is 18.6 Å². The molecule has 0 saturated heterocycles. The highest BCUT2D eigenvalue weighted by Gasteiger charge is 2.16. The predicted molar refractivity (Wildman–Crippen MR) is 83.2 cm³/mol. The molecule has 0 aliphatic rings. The Labute approximate surface area is 128 Å². The average molecular weight is 305 g/mol. The van der Waals surface area contributed by atoms with E-state index in [1.165, 1.54) is 0 Å². The van der Waals surface area contributed by atoms with Crippen molar-refractivity contribution in [1.29, 1.82) is 0 Å². The van der Waals surface area contributed by atoms with Crippen LogP contribution in [-0.4, -0.2) is 25.9 Å². The third-order valence-corrected chi connectivity index (χ3v) is 3.47. The zero-order valence-electron chi connectivity index (χ0n) is 12.1. The summed E-state index contributed by atoms with van der Waals surface area (Å²) >= 11 is 6.06. The Morgan fingerprint density at radius 1 is 1.29 bits per heavy atom. The first-order valence-electron chi connectivity index (χ1n) is 6.93. The third kappa shape index (κ3) is 2.49. The summed E-state index contributed by atoms with van der Waals surface area (Å²) in [5.41, 5.74) is 1.78. The fraction of sp³-hybridized carbons (Fsp3) is 0.333. The molecular formula is C15H17ClN4O. The summed E-state index contributed by atoms with van der Waals surface area (Å²) in [7, 11) is 1.89. The SMILES string of the molecule is CCCOc1cccc2c1nc(CCl)n2-c1ccn(C)n1. The molecule has 21 heavy (non-hydrogen) atoms. The first kappa shape index (κ1) is 13.9. The Morgan fingerprint density at radius 3 is 2.81 bits per heavy atom. The number of imidazole rings is 1. The molecule has 1 aromatic carbocycles. The van der Waals surface area contributed by atoms with Gasteiger partial charge in [0.2, 0.25) is 0 Å². The van der Waals surface area contributed by atoms with Crippen molar-refractivity contribution in [1.82, 2.24) is 19.3 Å². The number of para-hydroxylation sites is 1. The molecule has 2 aromatic heterocycles. The van der Waals surface area contributed by atoms with Gasteiger partial charge in [0.05, 0.1) is 18.0 Å². The second-order valence-electron chi connectivity index (χ2n) is 4.82. The van der Waals surface area contributed by atoms with Crippen LogP contribution in [0.1, 0.15) is 19.2 Å². The maximum atomic E-state index is 6.06. The van der Waals surface area contributed by atoms with Gasteiger partial charge in [0.1, 0.15) is 17.1 Å². The summed E-state index contributed by atoms with van der Waals surface area (Å²) in [5.74, 6) is 2.68. The van der Waals surface area contributed by atoms with Crippen molar-refractivity contribution >= 4 is 22.6 Å². The summed E-state index contributed by atoms with van der Waals surface area (Å²) in [5, 5.41) is 4.44. The van der Waals surface area contributed by atoms with Crippen molar-refractivity contribution in [2.75, 3.05) is 6.61 Å². The number of ether oxygens (including phenoxy) is 1. The lowest BCUT2D eigenvalue weighted by molar-refractivity contribution is 0.320. The smallest absolute Gasteiger partial charge is 0.160 e. The number of aromatic nitrogens is 4. The highest BCUT2D eigenvalue weighted by Crippen LogP contribution is 2.28. The van der Waals surface area contributed by atoms with Gasteiger partial charge >= 0.3 is 0 Å².